The Bertz CT molecular complexity index is 317. The number of amides is 1. The third kappa shape index (κ3) is 5.52. The first-order chi connectivity index (χ1) is 8.50. The summed E-state index contributed by atoms with van der Waals surface area (Å²) in [5.41, 5.74) is 10.7. The van der Waals surface area contributed by atoms with Crippen molar-refractivity contribution in [3.8, 4) is 0 Å². The maximum absolute atomic E-state index is 11.6. The number of nitrogens with zero attached hydrogens (tertiary/aromatic N) is 1. The van der Waals surface area contributed by atoms with Crippen molar-refractivity contribution in [3.05, 3.63) is 0 Å². The second-order valence-electron chi connectivity index (χ2n) is 4.91. The maximum Gasteiger partial charge on any atom is 0.225 e. The molecule has 19 heavy (non-hydrogen) atoms. The molecule has 1 rings (SSSR count). The van der Waals surface area contributed by atoms with Crippen molar-refractivity contribution in [2.75, 3.05) is 19.8 Å². The van der Waals surface area contributed by atoms with Gasteiger partial charge in [-0.05, 0) is 26.2 Å². The molecule has 1 aliphatic rings. The number of carbonyl (C=O) groups excluding carboxylic acids is 1. The third-order valence-electron chi connectivity index (χ3n) is 3.53. The number of hydrogen-bond acceptors (Lipinski definition) is 3. The SMILES string of the molecule is CCC(C)NC(N)=NCC1(C(N)=O)CCOCC1.I. The van der Waals surface area contributed by atoms with Crippen LogP contribution < -0.4 is 16.8 Å². The van der Waals surface area contributed by atoms with E-state index in [-0.39, 0.29) is 35.9 Å². The topological polar surface area (TPSA) is 103 Å². The molecule has 0 aromatic carbocycles. The summed E-state index contributed by atoms with van der Waals surface area (Å²) in [4.78, 5) is 15.9. The Morgan fingerprint density at radius 1 is 1.42 bits per heavy atom. The molecule has 1 atom stereocenters. The lowest BCUT2D eigenvalue weighted by molar-refractivity contribution is -0.132. The number of aliphatic imine (C=N–C) groups is 1. The number of primary amides is 1. The van der Waals surface area contributed by atoms with Gasteiger partial charge in [0.05, 0.1) is 12.0 Å². The minimum Gasteiger partial charge on any atom is -0.381 e. The number of guanidine groups is 1. The standard InChI is InChI=1S/C12H24N4O2.HI/c1-3-9(2)16-11(14)15-8-12(10(13)17)4-6-18-7-5-12;/h9H,3-8H2,1-2H3,(H2,13,17)(H3,14,15,16);1H. The molecule has 0 aliphatic carbocycles. The fraction of sp³-hybridized carbons (Fsp3) is 0.833. The summed E-state index contributed by atoms with van der Waals surface area (Å²) in [5, 5.41) is 3.07. The summed E-state index contributed by atoms with van der Waals surface area (Å²) in [6.45, 7) is 5.53. The third-order valence-corrected chi connectivity index (χ3v) is 3.53. The highest BCUT2D eigenvalue weighted by Gasteiger charge is 2.38. The van der Waals surface area contributed by atoms with Gasteiger partial charge in [-0.15, -0.1) is 24.0 Å². The number of hydrogen-bond donors (Lipinski definition) is 3. The van der Waals surface area contributed by atoms with E-state index in [4.69, 9.17) is 16.2 Å². The largest absolute Gasteiger partial charge is 0.381 e. The van der Waals surface area contributed by atoms with E-state index in [0.29, 0.717) is 38.6 Å². The summed E-state index contributed by atoms with van der Waals surface area (Å²) in [7, 11) is 0. The van der Waals surface area contributed by atoms with Gasteiger partial charge in [0.15, 0.2) is 5.96 Å². The molecule has 1 aliphatic heterocycles. The first-order valence-corrected chi connectivity index (χ1v) is 6.44. The van der Waals surface area contributed by atoms with Gasteiger partial charge in [0.25, 0.3) is 0 Å². The van der Waals surface area contributed by atoms with Crippen LogP contribution in [0.4, 0.5) is 0 Å². The molecule has 1 saturated heterocycles. The number of nitrogens with one attached hydrogen (secondary N) is 1. The highest BCUT2D eigenvalue weighted by molar-refractivity contribution is 14.0. The van der Waals surface area contributed by atoms with Crippen LogP contribution in [0.1, 0.15) is 33.1 Å². The fourth-order valence-electron chi connectivity index (χ4n) is 1.88. The smallest absolute Gasteiger partial charge is 0.225 e. The van der Waals surface area contributed by atoms with Gasteiger partial charge in [0.2, 0.25) is 5.91 Å². The van der Waals surface area contributed by atoms with Gasteiger partial charge in [0.1, 0.15) is 0 Å². The number of halogens is 1. The fourth-order valence-corrected chi connectivity index (χ4v) is 1.88. The molecular formula is C12H25IN4O2. The summed E-state index contributed by atoms with van der Waals surface area (Å²) < 4.78 is 5.26. The van der Waals surface area contributed by atoms with E-state index in [0.717, 1.165) is 6.42 Å². The zero-order chi connectivity index (χ0) is 13.6. The molecule has 7 heteroatoms. The van der Waals surface area contributed by atoms with Crippen molar-refractivity contribution in [3.63, 3.8) is 0 Å². The van der Waals surface area contributed by atoms with Crippen LogP contribution in [0.2, 0.25) is 0 Å². The van der Waals surface area contributed by atoms with Crippen LogP contribution >= 0.6 is 24.0 Å². The second kappa shape index (κ2) is 8.57. The molecule has 1 unspecified atom stereocenters. The normalized spacial score (nSPS) is 20.2. The van der Waals surface area contributed by atoms with Crippen molar-refractivity contribution < 1.29 is 9.53 Å². The van der Waals surface area contributed by atoms with Crippen LogP contribution in [0.15, 0.2) is 4.99 Å². The molecule has 0 spiro atoms. The molecule has 5 N–H and O–H groups in total. The minimum atomic E-state index is -0.597. The minimum absolute atomic E-state index is 0. The van der Waals surface area contributed by atoms with Gasteiger partial charge in [-0.25, -0.2) is 0 Å². The van der Waals surface area contributed by atoms with E-state index in [1.807, 2.05) is 6.92 Å². The monoisotopic (exact) mass is 384 g/mol. The lowest BCUT2D eigenvalue weighted by Gasteiger charge is -2.32. The van der Waals surface area contributed by atoms with Gasteiger partial charge < -0.3 is 21.5 Å². The molecule has 0 saturated carbocycles. The number of rotatable bonds is 5. The van der Waals surface area contributed by atoms with Crippen LogP contribution in [-0.4, -0.2) is 37.7 Å². The Hall–Kier alpha value is -0.570. The number of nitrogens with two attached hydrogens (primary N) is 2. The molecule has 0 aromatic heterocycles. The molecule has 1 heterocycles. The van der Waals surface area contributed by atoms with Crippen molar-refractivity contribution in [1.82, 2.24) is 5.32 Å². The highest BCUT2D eigenvalue weighted by atomic mass is 127. The van der Waals surface area contributed by atoms with Crippen LogP contribution in [0, 0.1) is 5.41 Å². The average Bonchev–Trinajstić information content (AvgIpc) is 2.37. The molecule has 1 amide bonds. The molecule has 6 nitrogen and oxygen atoms in total. The van der Waals surface area contributed by atoms with Crippen molar-refractivity contribution >= 4 is 35.8 Å². The molecular weight excluding hydrogens is 359 g/mol. The van der Waals surface area contributed by atoms with Gasteiger partial charge in [-0.3, -0.25) is 9.79 Å². The zero-order valence-electron chi connectivity index (χ0n) is 11.6. The zero-order valence-corrected chi connectivity index (χ0v) is 14.0. The van der Waals surface area contributed by atoms with Crippen molar-refractivity contribution in [1.29, 1.82) is 0 Å². The average molecular weight is 384 g/mol. The molecule has 0 bridgehead atoms. The Labute approximate surface area is 131 Å². The molecule has 0 radical (unpaired) electrons. The molecule has 1 fully saturated rings. The second-order valence-corrected chi connectivity index (χ2v) is 4.91. The first-order valence-electron chi connectivity index (χ1n) is 6.44. The van der Waals surface area contributed by atoms with Gasteiger partial charge in [-0.2, -0.15) is 0 Å². The Morgan fingerprint density at radius 3 is 2.47 bits per heavy atom. The highest BCUT2D eigenvalue weighted by Crippen LogP contribution is 2.30. The first kappa shape index (κ1) is 18.4. The number of ether oxygens (including phenoxy) is 1. The predicted octanol–water partition coefficient (Wildman–Crippen LogP) is 0.589. The van der Waals surface area contributed by atoms with E-state index in [1.54, 1.807) is 0 Å². The quantitative estimate of drug-likeness (QED) is 0.367. The summed E-state index contributed by atoms with van der Waals surface area (Å²) in [6.07, 6.45) is 2.19. The summed E-state index contributed by atoms with van der Waals surface area (Å²) in [6, 6.07) is 0.271. The Morgan fingerprint density at radius 2 is 2.00 bits per heavy atom. The predicted molar refractivity (Wildman–Crippen MR) is 86.5 cm³/mol. The van der Waals surface area contributed by atoms with Crippen LogP contribution in [0.25, 0.3) is 0 Å². The summed E-state index contributed by atoms with van der Waals surface area (Å²) >= 11 is 0. The molecule has 112 valence electrons. The van der Waals surface area contributed by atoms with Crippen molar-refractivity contribution in [2.24, 2.45) is 21.9 Å². The van der Waals surface area contributed by atoms with E-state index in [1.165, 1.54) is 0 Å². The summed E-state index contributed by atoms with van der Waals surface area (Å²) in [5.74, 6) is 0.0577. The van der Waals surface area contributed by atoms with E-state index >= 15 is 0 Å². The Kier molecular flexibility index (Phi) is 8.31. The van der Waals surface area contributed by atoms with Crippen LogP contribution in [-0.2, 0) is 9.53 Å². The van der Waals surface area contributed by atoms with E-state index in [9.17, 15) is 4.79 Å². The lowest BCUT2D eigenvalue weighted by atomic mass is 9.79. The van der Waals surface area contributed by atoms with E-state index in [2.05, 4.69) is 17.2 Å². The maximum atomic E-state index is 11.6. The van der Waals surface area contributed by atoms with Crippen LogP contribution in [0.5, 0.6) is 0 Å². The van der Waals surface area contributed by atoms with E-state index < -0.39 is 5.41 Å². The van der Waals surface area contributed by atoms with Gasteiger partial charge in [-0.1, -0.05) is 6.92 Å². The lowest BCUT2D eigenvalue weighted by Crippen LogP contribution is -2.45. The van der Waals surface area contributed by atoms with Gasteiger partial charge in [0, 0.05) is 19.3 Å². The number of carbonyl (C=O) groups is 1. The van der Waals surface area contributed by atoms with Gasteiger partial charge >= 0.3 is 0 Å². The van der Waals surface area contributed by atoms with Crippen molar-refractivity contribution in [2.45, 2.75) is 39.2 Å². The Balaban J connectivity index is 0.00000324. The van der Waals surface area contributed by atoms with Crippen LogP contribution in [0.3, 0.4) is 0 Å². The molecule has 0 aromatic rings.